The fraction of sp³-hybridized carbons (Fsp3) is 0.556. The second-order valence-electron chi connectivity index (χ2n) is 3.98. The normalized spacial score (nSPS) is 16.5. The lowest BCUT2D eigenvalue weighted by atomic mass is 10.0. The number of carbonyl (C=O) groups excluding carboxylic acids is 3. The Bertz CT molecular complexity index is 358. The molecular formula is C9H12N2O5. The quantitative estimate of drug-likeness (QED) is 0.632. The van der Waals surface area contributed by atoms with Crippen molar-refractivity contribution in [3.8, 4) is 0 Å². The molecule has 0 atom stereocenters. The van der Waals surface area contributed by atoms with Gasteiger partial charge in [0, 0.05) is 12.8 Å². The average Bonchev–Trinajstić information content (AvgIpc) is 2.43. The lowest BCUT2D eigenvalue weighted by Crippen LogP contribution is -2.56. The van der Waals surface area contributed by atoms with Crippen LogP contribution in [-0.4, -0.2) is 39.4 Å². The Morgan fingerprint density at radius 3 is 2.06 bits per heavy atom. The molecule has 0 bridgehead atoms. The maximum atomic E-state index is 11.8. The third-order valence-electron chi connectivity index (χ3n) is 2.21. The Morgan fingerprint density at radius 2 is 1.69 bits per heavy atom. The summed E-state index contributed by atoms with van der Waals surface area (Å²) in [7, 11) is 0. The number of imide groups is 3. The third kappa shape index (κ3) is 2.18. The minimum absolute atomic E-state index is 0.00623. The summed E-state index contributed by atoms with van der Waals surface area (Å²) in [6, 6.07) is 0. The molecule has 1 aliphatic rings. The van der Waals surface area contributed by atoms with Crippen molar-refractivity contribution in [2.24, 2.45) is 0 Å². The zero-order valence-corrected chi connectivity index (χ0v) is 8.94. The van der Waals surface area contributed by atoms with Gasteiger partial charge in [0.05, 0.1) is 0 Å². The minimum Gasteiger partial charge on any atom is -0.465 e. The zero-order valence-electron chi connectivity index (χ0n) is 8.94. The molecule has 2 N–H and O–H groups in total. The van der Waals surface area contributed by atoms with E-state index in [1.54, 1.807) is 0 Å². The molecule has 7 nitrogen and oxygen atoms in total. The maximum absolute atomic E-state index is 11.8. The van der Waals surface area contributed by atoms with Crippen molar-refractivity contribution in [2.45, 2.75) is 32.2 Å². The minimum atomic E-state index is -1.50. The van der Waals surface area contributed by atoms with Crippen LogP contribution in [-0.2, 0) is 14.4 Å². The molecule has 0 aromatic rings. The highest BCUT2D eigenvalue weighted by molar-refractivity contribution is 6.17. The Labute approximate surface area is 91.4 Å². The predicted molar refractivity (Wildman–Crippen MR) is 51.3 cm³/mol. The van der Waals surface area contributed by atoms with Crippen molar-refractivity contribution in [3.05, 3.63) is 0 Å². The molecule has 16 heavy (non-hydrogen) atoms. The molecule has 0 aromatic heterocycles. The number of hydrogen-bond donors (Lipinski definition) is 2. The number of hydrogen-bond acceptors (Lipinski definition) is 4. The van der Waals surface area contributed by atoms with Crippen molar-refractivity contribution < 1.29 is 24.3 Å². The highest BCUT2D eigenvalue weighted by Gasteiger charge is 2.42. The van der Waals surface area contributed by atoms with Gasteiger partial charge in [0.15, 0.2) is 0 Å². The Hall–Kier alpha value is -1.92. The van der Waals surface area contributed by atoms with E-state index in [1.807, 2.05) is 5.32 Å². The Balaban J connectivity index is 2.88. The highest BCUT2D eigenvalue weighted by atomic mass is 16.4. The van der Waals surface area contributed by atoms with Gasteiger partial charge in [-0.3, -0.25) is 14.4 Å². The van der Waals surface area contributed by atoms with Gasteiger partial charge >= 0.3 is 6.09 Å². The third-order valence-corrected chi connectivity index (χ3v) is 2.21. The molecule has 1 saturated heterocycles. The number of nitrogens with zero attached hydrogens (tertiary/aromatic N) is 1. The van der Waals surface area contributed by atoms with E-state index in [1.165, 1.54) is 13.8 Å². The molecule has 0 saturated carbocycles. The first kappa shape index (κ1) is 12.2. The van der Waals surface area contributed by atoms with Gasteiger partial charge in [0.2, 0.25) is 11.8 Å². The van der Waals surface area contributed by atoms with Crippen molar-refractivity contribution in [3.63, 3.8) is 0 Å². The van der Waals surface area contributed by atoms with Gasteiger partial charge in [-0.1, -0.05) is 0 Å². The average molecular weight is 228 g/mol. The van der Waals surface area contributed by atoms with Crippen LogP contribution in [0.3, 0.4) is 0 Å². The summed E-state index contributed by atoms with van der Waals surface area (Å²) >= 11 is 0. The standard InChI is InChI=1S/C9H12N2O5/c1-9(2,10-8(15)16)7(14)11-5(12)3-4-6(11)13/h10H,3-4H2,1-2H3,(H,15,16). The van der Waals surface area contributed by atoms with Crippen LogP contribution in [0, 0.1) is 0 Å². The van der Waals surface area contributed by atoms with Gasteiger partial charge in [0.25, 0.3) is 5.91 Å². The highest BCUT2D eigenvalue weighted by Crippen LogP contribution is 2.17. The van der Waals surface area contributed by atoms with Crippen molar-refractivity contribution in [2.75, 3.05) is 0 Å². The van der Waals surface area contributed by atoms with E-state index in [4.69, 9.17) is 5.11 Å². The van der Waals surface area contributed by atoms with Crippen molar-refractivity contribution in [1.29, 1.82) is 0 Å². The molecule has 1 rings (SSSR count). The van der Waals surface area contributed by atoms with Crippen LogP contribution < -0.4 is 5.32 Å². The monoisotopic (exact) mass is 228 g/mol. The van der Waals surface area contributed by atoms with Crippen LogP contribution in [0.5, 0.6) is 0 Å². The number of nitrogens with one attached hydrogen (secondary N) is 1. The van der Waals surface area contributed by atoms with Gasteiger partial charge in [-0.05, 0) is 13.8 Å². The number of likely N-dealkylation sites (tertiary alicyclic amines) is 1. The van der Waals surface area contributed by atoms with Crippen molar-refractivity contribution >= 4 is 23.8 Å². The molecule has 1 heterocycles. The van der Waals surface area contributed by atoms with E-state index in [9.17, 15) is 19.2 Å². The van der Waals surface area contributed by atoms with E-state index < -0.39 is 29.4 Å². The molecule has 0 radical (unpaired) electrons. The second-order valence-corrected chi connectivity index (χ2v) is 3.98. The molecule has 88 valence electrons. The molecule has 1 fully saturated rings. The molecule has 4 amide bonds. The molecule has 1 aliphatic heterocycles. The molecule has 0 aliphatic carbocycles. The van der Waals surface area contributed by atoms with Crippen LogP contribution >= 0.6 is 0 Å². The fourth-order valence-corrected chi connectivity index (χ4v) is 1.40. The molecule has 0 spiro atoms. The summed E-state index contributed by atoms with van der Waals surface area (Å²) in [5, 5.41) is 10.5. The van der Waals surface area contributed by atoms with Crippen LogP contribution in [0.4, 0.5) is 4.79 Å². The number of carbonyl (C=O) groups is 4. The molecular weight excluding hydrogens is 216 g/mol. The SMILES string of the molecule is CC(C)(NC(=O)O)C(=O)N1C(=O)CCC1=O. The lowest BCUT2D eigenvalue weighted by Gasteiger charge is -2.26. The summed E-state index contributed by atoms with van der Waals surface area (Å²) < 4.78 is 0. The fourth-order valence-electron chi connectivity index (χ4n) is 1.40. The van der Waals surface area contributed by atoms with Crippen LogP contribution in [0.25, 0.3) is 0 Å². The second kappa shape index (κ2) is 3.92. The number of rotatable bonds is 2. The molecule has 7 heteroatoms. The van der Waals surface area contributed by atoms with Gasteiger partial charge < -0.3 is 10.4 Å². The van der Waals surface area contributed by atoms with Gasteiger partial charge in [-0.2, -0.15) is 0 Å². The zero-order chi connectivity index (χ0) is 12.5. The molecule has 0 unspecified atom stereocenters. The van der Waals surface area contributed by atoms with Crippen molar-refractivity contribution in [1.82, 2.24) is 10.2 Å². The van der Waals surface area contributed by atoms with E-state index in [2.05, 4.69) is 0 Å². The molecule has 0 aromatic carbocycles. The summed E-state index contributed by atoms with van der Waals surface area (Å²) in [6.45, 7) is 2.59. The summed E-state index contributed by atoms with van der Waals surface area (Å²) in [6.07, 6.45) is -1.40. The van der Waals surface area contributed by atoms with E-state index in [0.717, 1.165) is 0 Å². The summed E-state index contributed by atoms with van der Waals surface area (Å²) in [4.78, 5) is 45.3. The van der Waals surface area contributed by atoms with Gasteiger partial charge in [-0.25, -0.2) is 9.69 Å². The van der Waals surface area contributed by atoms with Crippen LogP contribution in [0.15, 0.2) is 0 Å². The van der Waals surface area contributed by atoms with E-state index >= 15 is 0 Å². The Morgan fingerprint density at radius 1 is 1.25 bits per heavy atom. The summed E-state index contributed by atoms with van der Waals surface area (Å²) in [5.41, 5.74) is -1.50. The number of carboxylic acid groups (broad SMARTS) is 1. The Kier molecular flexibility index (Phi) is 2.97. The lowest BCUT2D eigenvalue weighted by molar-refractivity contribution is -0.152. The number of amides is 4. The predicted octanol–water partition coefficient (Wildman–Crippen LogP) is -0.292. The first-order chi connectivity index (χ1) is 7.25. The van der Waals surface area contributed by atoms with Crippen LogP contribution in [0.2, 0.25) is 0 Å². The maximum Gasteiger partial charge on any atom is 0.405 e. The van der Waals surface area contributed by atoms with E-state index in [-0.39, 0.29) is 12.8 Å². The van der Waals surface area contributed by atoms with E-state index in [0.29, 0.717) is 4.90 Å². The summed E-state index contributed by atoms with van der Waals surface area (Å²) in [5.74, 6) is -2.02. The van der Waals surface area contributed by atoms with Crippen LogP contribution in [0.1, 0.15) is 26.7 Å². The van der Waals surface area contributed by atoms with Gasteiger partial charge in [-0.15, -0.1) is 0 Å². The first-order valence-corrected chi connectivity index (χ1v) is 4.67. The first-order valence-electron chi connectivity index (χ1n) is 4.67. The topological polar surface area (TPSA) is 104 Å². The van der Waals surface area contributed by atoms with Gasteiger partial charge in [0.1, 0.15) is 5.54 Å². The largest absolute Gasteiger partial charge is 0.465 e. The smallest absolute Gasteiger partial charge is 0.405 e.